The smallest absolute Gasteiger partial charge is 0.251 e. The van der Waals surface area contributed by atoms with Crippen molar-refractivity contribution in [2.24, 2.45) is 0 Å². The Balaban J connectivity index is 1.42. The lowest BCUT2D eigenvalue weighted by Crippen LogP contribution is -2.43. The molecule has 1 aromatic heterocycles. The highest BCUT2D eigenvalue weighted by atomic mass is 16.2. The van der Waals surface area contributed by atoms with Gasteiger partial charge in [0.1, 0.15) is 12.4 Å². The maximum absolute atomic E-state index is 13.1. The normalized spacial score (nSPS) is 16.4. The highest BCUT2D eigenvalue weighted by Gasteiger charge is 2.24. The summed E-state index contributed by atoms with van der Waals surface area (Å²) in [6.45, 7) is 3.86. The first-order valence-electron chi connectivity index (χ1n) is 11.2. The van der Waals surface area contributed by atoms with Crippen LogP contribution in [0, 0.1) is 0 Å². The molecule has 2 heterocycles. The maximum atomic E-state index is 13.1. The van der Waals surface area contributed by atoms with Crippen LogP contribution in [0.1, 0.15) is 48.8 Å². The van der Waals surface area contributed by atoms with Crippen molar-refractivity contribution in [1.82, 2.24) is 19.8 Å². The standard InChI is InChI=1S/C25H30N4O2/c1-19-10-7-8-17-28(19)24(30)18-29-22-14-6-5-13-21(22)27-23(29)15-9-16-26-25(31)20-11-3-2-4-12-20/h2-6,11-14,19H,7-10,15-18H2,1H3,(H,26,31). The zero-order chi connectivity index (χ0) is 21.6. The lowest BCUT2D eigenvalue weighted by atomic mass is 10.0. The molecule has 1 fully saturated rings. The second-order valence-corrected chi connectivity index (χ2v) is 8.26. The van der Waals surface area contributed by atoms with Crippen LogP contribution >= 0.6 is 0 Å². The maximum Gasteiger partial charge on any atom is 0.251 e. The predicted molar refractivity (Wildman–Crippen MR) is 122 cm³/mol. The van der Waals surface area contributed by atoms with E-state index < -0.39 is 0 Å². The van der Waals surface area contributed by atoms with Crippen LogP contribution in [0.2, 0.25) is 0 Å². The van der Waals surface area contributed by atoms with Gasteiger partial charge < -0.3 is 14.8 Å². The average molecular weight is 419 g/mol. The van der Waals surface area contributed by atoms with Crippen molar-refractivity contribution >= 4 is 22.8 Å². The van der Waals surface area contributed by atoms with Crippen molar-refractivity contribution in [3.05, 3.63) is 66.0 Å². The molecule has 2 aromatic carbocycles. The SMILES string of the molecule is CC1CCCCN1C(=O)Cn1c(CCCNC(=O)c2ccccc2)nc2ccccc21. The molecule has 162 valence electrons. The van der Waals surface area contributed by atoms with Crippen LogP contribution in [0.25, 0.3) is 11.0 Å². The van der Waals surface area contributed by atoms with Crippen molar-refractivity contribution in [3.63, 3.8) is 0 Å². The summed E-state index contributed by atoms with van der Waals surface area (Å²) in [5.74, 6) is 0.991. The molecular weight excluding hydrogens is 388 g/mol. The van der Waals surface area contributed by atoms with Crippen molar-refractivity contribution in [2.75, 3.05) is 13.1 Å². The van der Waals surface area contributed by atoms with E-state index in [0.29, 0.717) is 31.1 Å². The van der Waals surface area contributed by atoms with Gasteiger partial charge in [-0.15, -0.1) is 0 Å². The summed E-state index contributed by atoms with van der Waals surface area (Å²) in [5.41, 5.74) is 2.56. The number of nitrogens with zero attached hydrogens (tertiary/aromatic N) is 3. The molecule has 6 heteroatoms. The Labute approximate surface area is 183 Å². The number of amides is 2. The molecule has 1 unspecified atom stereocenters. The second-order valence-electron chi connectivity index (χ2n) is 8.26. The summed E-state index contributed by atoms with van der Waals surface area (Å²) < 4.78 is 2.05. The van der Waals surface area contributed by atoms with E-state index in [-0.39, 0.29) is 11.8 Å². The van der Waals surface area contributed by atoms with Crippen LogP contribution in [0.5, 0.6) is 0 Å². The monoisotopic (exact) mass is 418 g/mol. The summed E-state index contributed by atoms with van der Waals surface area (Å²) in [5, 5.41) is 2.97. The number of rotatable bonds is 7. The fraction of sp³-hybridized carbons (Fsp3) is 0.400. The van der Waals surface area contributed by atoms with Crippen LogP contribution in [-0.2, 0) is 17.8 Å². The number of benzene rings is 2. The first-order valence-corrected chi connectivity index (χ1v) is 11.2. The van der Waals surface area contributed by atoms with Crippen molar-refractivity contribution in [1.29, 1.82) is 0 Å². The number of carbonyl (C=O) groups excluding carboxylic acids is 2. The summed E-state index contributed by atoms with van der Waals surface area (Å²) in [7, 11) is 0. The molecule has 0 bridgehead atoms. The van der Waals surface area contributed by atoms with E-state index in [1.807, 2.05) is 59.5 Å². The summed E-state index contributed by atoms with van der Waals surface area (Å²) >= 11 is 0. The fourth-order valence-corrected chi connectivity index (χ4v) is 4.33. The highest BCUT2D eigenvalue weighted by Crippen LogP contribution is 2.20. The van der Waals surface area contributed by atoms with E-state index in [0.717, 1.165) is 42.7 Å². The number of aryl methyl sites for hydroxylation is 1. The van der Waals surface area contributed by atoms with Crippen molar-refractivity contribution in [2.45, 2.75) is 51.6 Å². The molecule has 1 aliphatic heterocycles. The van der Waals surface area contributed by atoms with Crippen LogP contribution < -0.4 is 5.32 Å². The number of para-hydroxylation sites is 2. The number of aromatic nitrogens is 2. The average Bonchev–Trinajstić information content (AvgIpc) is 3.14. The number of imidazole rings is 1. The Hall–Kier alpha value is -3.15. The molecule has 1 aliphatic rings. The largest absolute Gasteiger partial charge is 0.352 e. The summed E-state index contributed by atoms with van der Waals surface area (Å²) in [6, 6.07) is 17.5. The van der Waals surface area contributed by atoms with Gasteiger partial charge in [-0.2, -0.15) is 0 Å². The molecule has 6 nitrogen and oxygen atoms in total. The number of fused-ring (bicyclic) bond motifs is 1. The molecule has 4 rings (SSSR count). The van der Waals surface area contributed by atoms with Crippen molar-refractivity contribution in [3.8, 4) is 0 Å². The molecule has 0 aliphatic carbocycles. The van der Waals surface area contributed by atoms with Gasteiger partial charge in [-0.05, 0) is 56.9 Å². The third kappa shape index (κ3) is 4.95. The van der Waals surface area contributed by atoms with E-state index >= 15 is 0 Å². The molecule has 0 spiro atoms. The lowest BCUT2D eigenvalue weighted by Gasteiger charge is -2.33. The molecule has 2 amide bonds. The molecular formula is C25H30N4O2. The quantitative estimate of drug-likeness (QED) is 0.594. The highest BCUT2D eigenvalue weighted by molar-refractivity contribution is 5.94. The van der Waals surface area contributed by atoms with Crippen molar-refractivity contribution < 1.29 is 9.59 Å². The van der Waals surface area contributed by atoms with Gasteiger partial charge in [-0.25, -0.2) is 4.98 Å². The van der Waals surface area contributed by atoms with Gasteiger partial charge in [-0.1, -0.05) is 30.3 Å². The minimum absolute atomic E-state index is 0.0663. The Morgan fingerprint density at radius 3 is 2.65 bits per heavy atom. The van der Waals surface area contributed by atoms with Gasteiger partial charge in [0.05, 0.1) is 11.0 Å². The van der Waals surface area contributed by atoms with Gasteiger partial charge in [0.15, 0.2) is 0 Å². The van der Waals surface area contributed by atoms with Crippen LogP contribution in [-0.4, -0.2) is 45.4 Å². The van der Waals surface area contributed by atoms with E-state index in [1.165, 1.54) is 6.42 Å². The fourth-order valence-electron chi connectivity index (χ4n) is 4.33. The summed E-state index contributed by atoms with van der Waals surface area (Å²) in [4.78, 5) is 32.1. The second kappa shape index (κ2) is 9.77. The summed E-state index contributed by atoms with van der Waals surface area (Å²) in [6.07, 6.45) is 4.81. The third-order valence-corrected chi connectivity index (χ3v) is 6.05. The Morgan fingerprint density at radius 2 is 1.84 bits per heavy atom. The third-order valence-electron chi connectivity index (χ3n) is 6.05. The minimum Gasteiger partial charge on any atom is -0.352 e. The first kappa shape index (κ1) is 21.1. The lowest BCUT2D eigenvalue weighted by molar-refractivity contribution is -0.135. The Morgan fingerprint density at radius 1 is 1.06 bits per heavy atom. The molecule has 0 radical (unpaired) electrons. The van der Waals surface area contributed by atoms with E-state index in [1.54, 1.807) is 0 Å². The van der Waals surface area contributed by atoms with Crippen LogP contribution in [0.3, 0.4) is 0 Å². The predicted octanol–water partition coefficient (Wildman–Crippen LogP) is 3.80. The number of piperidine rings is 1. The Kier molecular flexibility index (Phi) is 6.65. The topological polar surface area (TPSA) is 67.2 Å². The number of nitrogens with one attached hydrogen (secondary N) is 1. The van der Waals surface area contributed by atoms with Gasteiger partial charge >= 0.3 is 0 Å². The zero-order valence-corrected chi connectivity index (χ0v) is 18.1. The number of likely N-dealkylation sites (tertiary alicyclic amines) is 1. The molecule has 0 saturated carbocycles. The molecule has 1 atom stereocenters. The van der Waals surface area contributed by atoms with E-state index in [4.69, 9.17) is 4.98 Å². The number of hydrogen-bond donors (Lipinski definition) is 1. The van der Waals surface area contributed by atoms with E-state index in [9.17, 15) is 9.59 Å². The molecule has 31 heavy (non-hydrogen) atoms. The minimum atomic E-state index is -0.0663. The van der Waals surface area contributed by atoms with Gasteiger partial charge in [0.2, 0.25) is 5.91 Å². The Bertz CT molecular complexity index is 1040. The molecule has 1 saturated heterocycles. The number of carbonyl (C=O) groups is 2. The molecule has 3 aromatic rings. The zero-order valence-electron chi connectivity index (χ0n) is 18.1. The van der Waals surface area contributed by atoms with Crippen LogP contribution in [0.15, 0.2) is 54.6 Å². The first-order chi connectivity index (χ1) is 15.1. The van der Waals surface area contributed by atoms with Crippen LogP contribution in [0.4, 0.5) is 0 Å². The number of hydrogen-bond acceptors (Lipinski definition) is 3. The van der Waals surface area contributed by atoms with E-state index in [2.05, 4.69) is 16.8 Å². The molecule has 1 N–H and O–H groups in total. The van der Waals surface area contributed by atoms with Gasteiger partial charge in [0.25, 0.3) is 5.91 Å². The van der Waals surface area contributed by atoms with Gasteiger partial charge in [-0.3, -0.25) is 9.59 Å². The van der Waals surface area contributed by atoms with Gasteiger partial charge in [0, 0.05) is 31.1 Å².